The van der Waals surface area contributed by atoms with E-state index in [0.29, 0.717) is 11.3 Å². The molecule has 98 valence electrons. The molecule has 0 aliphatic carbocycles. The number of hydrogen-bond donors (Lipinski definition) is 1. The lowest BCUT2D eigenvalue weighted by Crippen LogP contribution is -2.19. The minimum atomic E-state index is -0.643. The van der Waals surface area contributed by atoms with E-state index in [2.05, 4.69) is 4.99 Å². The lowest BCUT2D eigenvalue weighted by molar-refractivity contribution is 0.577. The summed E-state index contributed by atoms with van der Waals surface area (Å²) in [5.41, 5.74) is 0.747. The third kappa shape index (κ3) is 3.22. The van der Waals surface area contributed by atoms with Crippen molar-refractivity contribution in [1.29, 1.82) is 5.41 Å². The molecule has 0 heterocycles. The van der Waals surface area contributed by atoms with Gasteiger partial charge in [-0.1, -0.05) is 20.8 Å². The Morgan fingerprint density at radius 2 is 1.78 bits per heavy atom. The molecular formula is C14H18F2N2. The van der Waals surface area contributed by atoms with Crippen molar-refractivity contribution in [2.45, 2.75) is 34.6 Å². The van der Waals surface area contributed by atoms with Gasteiger partial charge in [-0.2, -0.15) is 0 Å². The van der Waals surface area contributed by atoms with E-state index in [1.165, 1.54) is 6.07 Å². The molecule has 1 rings (SSSR count). The largest absolute Gasteiger partial charge is 0.286 e. The van der Waals surface area contributed by atoms with Crippen LogP contribution in [0.3, 0.4) is 0 Å². The highest BCUT2D eigenvalue weighted by atomic mass is 19.1. The van der Waals surface area contributed by atoms with Crippen molar-refractivity contribution < 1.29 is 8.78 Å². The number of aryl methyl sites for hydroxylation is 1. The Kier molecular flexibility index (Phi) is 3.99. The van der Waals surface area contributed by atoms with Crippen LogP contribution in [0.2, 0.25) is 0 Å². The average Bonchev–Trinajstić information content (AvgIpc) is 2.13. The number of halogens is 2. The maximum Gasteiger partial charge on any atom is 0.135 e. The molecule has 0 radical (unpaired) electrons. The van der Waals surface area contributed by atoms with E-state index in [9.17, 15) is 8.78 Å². The number of rotatable bonds is 1. The Bertz CT molecular complexity index is 488. The summed E-state index contributed by atoms with van der Waals surface area (Å²) in [7, 11) is 0. The molecule has 2 nitrogen and oxygen atoms in total. The zero-order valence-corrected chi connectivity index (χ0v) is 11.4. The van der Waals surface area contributed by atoms with Crippen LogP contribution in [0.25, 0.3) is 0 Å². The van der Waals surface area contributed by atoms with Gasteiger partial charge in [0.25, 0.3) is 0 Å². The average molecular weight is 252 g/mol. The summed E-state index contributed by atoms with van der Waals surface area (Å²) in [6.07, 6.45) is 0. The van der Waals surface area contributed by atoms with Gasteiger partial charge in [0.15, 0.2) is 0 Å². The standard InChI is InChI=1S/C14H18F2N2/c1-8-6-10(15)7-11(16)12(8)9(2)18-13(17)14(3,4)5/h6-7,17H,1-5H3/b17-13?,18-9+. The number of nitrogens with zero attached hydrogens (tertiary/aromatic N) is 1. The molecule has 1 N–H and O–H groups in total. The summed E-state index contributed by atoms with van der Waals surface area (Å²) in [6, 6.07) is 2.10. The van der Waals surface area contributed by atoms with E-state index in [4.69, 9.17) is 5.41 Å². The lowest BCUT2D eigenvalue weighted by Gasteiger charge is -2.17. The van der Waals surface area contributed by atoms with Gasteiger partial charge in [-0.3, -0.25) is 5.41 Å². The molecule has 0 aromatic heterocycles. The van der Waals surface area contributed by atoms with Crippen LogP contribution >= 0.6 is 0 Å². The predicted molar refractivity (Wildman–Crippen MR) is 70.5 cm³/mol. The van der Waals surface area contributed by atoms with Crippen LogP contribution in [0, 0.1) is 29.4 Å². The minimum absolute atomic E-state index is 0.170. The highest BCUT2D eigenvalue weighted by Crippen LogP contribution is 2.19. The first-order valence-corrected chi connectivity index (χ1v) is 5.73. The van der Waals surface area contributed by atoms with Crippen LogP contribution in [-0.4, -0.2) is 11.5 Å². The van der Waals surface area contributed by atoms with Crippen LogP contribution in [0.15, 0.2) is 17.1 Å². The molecule has 0 saturated carbocycles. The SMILES string of the molecule is C/C(=N\C(=N)C(C)(C)C)c1c(C)cc(F)cc1F. The fourth-order valence-electron chi connectivity index (χ4n) is 1.55. The molecule has 0 spiro atoms. The summed E-state index contributed by atoms with van der Waals surface area (Å²) in [6.45, 7) is 8.84. The summed E-state index contributed by atoms with van der Waals surface area (Å²) in [4.78, 5) is 4.11. The van der Waals surface area contributed by atoms with Gasteiger partial charge in [0.05, 0.1) is 0 Å². The van der Waals surface area contributed by atoms with Gasteiger partial charge in [-0.05, 0) is 25.5 Å². The molecular weight excluding hydrogens is 234 g/mol. The fraction of sp³-hybridized carbons (Fsp3) is 0.429. The van der Waals surface area contributed by atoms with Crippen molar-refractivity contribution in [3.05, 3.63) is 34.9 Å². The van der Waals surface area contributed by atoms with Gasteiger partial charge in [0, 0.05) is 22.8 Å². The van der Waals surface area contributed by atoms with Crippen LogP contribution in [0.4, 0.5) is 8.78 Å². The van der Waals surface area contributed by atoms with Crippen LogP contribution < -0.4 is 0 Å². The molecule has 0 saturated heterocycles. The van der Waals surface area contributed by atoms with Crippen molar-refractivity contribution in [2.24, 2.45) is 10.4 Å². The number of aliphatic imine (C=N–C) groups is 1. The van der Waals surface area contributed by atoms with E-state index in [0.717, 1.165) is 6.07 Å². The summed E-state index contributed by atoms with van der Waals surface area (Å²) in [5.74, 6) is -1.08. The third-order valence-electron chi connectivity index (χ3n) is 2.60. The molecule has 1 aromatic rings. The van der Waals surface area contributed by atoms with Gasteiger partial charge < -0.3 is 0 Å². The van der Waals surface area contributed by atoms with E-state index in [1.54, 1.807) is 13.8 Å². The van der Waals surface area contributed by atoms with Crippen molar-refractivity contribution in [3.63, 3.8) is 0 Å². The summed E-state index contributed by atoms with van der Waals surface area (Å²) < 4.78 is 26.7. The quantitative estimate of drug-likeness (QED) is 0.577. The Balaban J connectivity index is 3.24. The molecule has 0 aliphatic rings. The first-order valence-electron chi connectivity index (χ1n) is 5.73. The van der Waals surface area contributed by atoms with Gasteiger partial charge >= 0.3 is 0 Å². The van der Waals surface area contributed by atoms with Gasteiger partial charge in [0.1, 0.15) is 17.5 Å². The van der Waals surface area contributed by atoms with E-state index >= 15 is 0 Å². The second kappa shape index (κ2) is 4.96. The molecule has 0 aliphatic heterocycles. The molecule has 1 aromatic carbocycles. The Morgan fingerprint density at radius 1 is 1.22 bits per heavy atom. The Labute approximate surface area is 106 Å². The first-order chi connectivity index (χ1) is 8.12. The van der Waals surface area contributed by atoms with Crippen molar-refractivity contribution in [1.82, 2.24) is 0 Å². The molecule has 0 amide bonds. The fourth-order valence-corrected chi connectivity index (χ4v) is 1.55. The highest BCUT2D eigenvalue weighted by Gasteiger charge is 2.18. The molecule has 18 heavy (non-hydrogen) atoms. The van der Waals surface area contributed by atoms with Crippen LogP contribution in [0.1, 0.15) is 38.8 Å². The van der Waals surface area contributed by atoms with Gasteiger partial charge in [0.2, 0.25) is 0 Å². The van der Waals surface area contributed by atoms with E-state index < -0.39 is 17.0 Å². The van der Waals surface area contributed by atoms with E-state index in [-0.39, 0.29) is 11.4 Å². The Morgan fingerprint density at radius 3 is 2.22 bits per heavy atom. The zero-order valence-electron chi connectivity index (χ0n) is 11.4. The third-order valence-corrected chi connectivity index (χ3v) is 2.60. The summed E-state index contributed by atoms with van der Waals surface area (Å²) in [5, 5.41) is 7.82. The number of amidine groups is 1. The van der Waals surface area contributed by atoms with Crippen LogP contribution in [-0.2, 0) is 0 Å². The molecule has 4 heteroatoms. The monoisotopic (exact) mass is 252 g/mol. The van der Waals surface area contributed by atoms with Crippen molar-refractivity contribution >= 4 is 11.5 Å². The van der Waals surface area contributed by atoms with Crippen molar-refractivity contribution in [3.8, 4) is 0 Å². The number of hydrogen-bond acceptors (Lipinski definition) is 1. The predicted octanol–water partition coefficient (Wildman–Crippen LogP) is 4.11. The zero-order chi connectivity index (χ0) is 14.1. The molecule has 0 atom stereocenters. The number of nitrogens with one attached hydrogen (secondary N) is 1. The topological polar surface area (TPSA) is 36.2 Å². The molecule has 0 bridgehead atoms. The van der Waals surface area contributed by atoms with Crippen LogP contribution in [0.5, 0.6) is 0 Å². The minimum Gasteiger partial charge on any atom is -0.286 e. The molecule has 0 fully saturated rings. The van der Waals surface area contributed by atoms with Crippen molar-refractivity contribution in [2.75, 3.05) is 0 Å². The maximum absolute atomic E-state index is 13.7. The second-order valence-electron chi connectivity index (χ2n) is 5.38. The highest BCUT2D eigenvalue weighted by molar-refractivity contribution is 6.07. The smallest absolute Gasteiger partial charge is 0.135 e. The Hall–Kier alpha value is -1.58. The van der Waals surface area contributed by atoms with Gasteiger partial charge in [-0.25, -0.2) is 13.8 Å². The van der Waals surface area contributed by atoms with E-state index in [1.807, 2.05) is 20.8 Å². The molecule has 0 unspecified atom stereocenters. The maximum atomic E-state index is 13.7. The lowest BCUT2D eigenvalue weighted by atomic mass is 9.95. The number of benzene rings is 1. The van der Waals surface area contributed by atoms with Gasteiger partial charge in [-0.15, -0.1) is 0 Å². The normalized spacial score (nSPS) is 12.7. The second-order valence-corrected chi connectivity index (χ2v) is 5.38. The summed E-state index contributed by atoms with van der Waals surface area (Å²) >= 11 is 0. The first kappa shape index (κ1) is 14.5.